The molecule has 0 aliphatic heterocycles. The maximum absolute atomic E-state index is 12.1. The molecule has 2 heteroatoms. The molecule has 1 saturated carbocycles. The molecule has 1 aromatic carbocycles. The van der Waals surface area contributed by atoms with Crippen molar-refractivity contribution in [1.29, 1.82) is 0 Å². The summed E-state index contributed by atoms with van der Waals surface area (Å²) in [6.07, 6.45) is 3.84. The molecule has 2 aromatic rings. The maximum atomic E-state index is 12.1. The molecule has 0 spiro atoms. The highest BCUT2D eigenvalue weighted by molar-refractivity contribution is 7.09. The van der Waals surface area contributed by atoms with Gasteiger partial charge in [-0.15, -0.1) is 11.3 Å². The summed E-state index contributed by atoms with van der Waals surface area (Å²) in [6.45, 7) is 0. The minimum atomic E-state index is 0.297. The number of carbonyl (C=O) groups excluding carboxylic acids is 1. The molecular formula is C17H18OS. The lowest BCUT2D eigenvalue weighted by Crippen LogP contribution is -2.02. The fourth-order valence-corrected chi connectivity index (χ4v) is 3.45. The molecule has 2 atom stereocenters. The molecule has 0 N–H and O–H groups in total. The Kier molecular flexibility index (Phi) is 3.79. The molecule has 0 amide bonds. The second kappa shape index (κ2) is 5.70. The smallest absolute Gasteiger partial charge is 0.136 e. The van der Waals surface area contributed by atoms with E-state index in [9.17, 15) is 4.79 Å². The van der Waals surface area contributed by atoms with Crippen molar-refractivity contribution >= 4 is 17.1 Å². The van der Waals surface area contributed by atoms with Crippen molar-refractivity contribution in [1.82, 2.24) is 0 Å². The largest absolute Gasteiger partial charge is 0.299 e. The zero-order valence-corrected chi connectivity index (χ0v) is 11.7. The third kappa shape index (κ3) is 3.13. The van der Waals surface area contributed by atoms with E-state index in [0.29, 0.717) is 17.6 Å². The summed E-state index contributed by atoms with van der Waals surface area (Å²) in [4.78, 5) is 13.5. The third-order valence-electron chi connectivity index (χ3n) is 3.86. The topological polar surface area (TPSA) is 17.1 Å². The van der Waals surface area contributed by atoms with Crippen molar-refractivity contribution in [2.24, 2.45) is 5.92 Å². The predicted molar refractivity (Wildman–Crippen MR) is 79.6 cm³/mol. The van der Waals surface area contributed by atoms with Crippen molar-refractivity contribution in [3.8, 4) is 0 Å². The number of rotatable bonds is 6. The number of hydrogen-bond acceptors (Lipinski definition) is 2. The molecule has 1 heterocycles. The van der Waals surface area contributed by atoms with Crippen molar-refractivity contribution in [2.45, 2.75) is 31.6 Å². The quantitative estimate of drug-likeness (QED) is 0.758. The number of carbonyl (C=O) groups is 1. The van der Waals surface area contributed by atoms with E-state index in [0.717, 1.165) is 25.7 Å². The highest BCUT2D eigenvalue weighted by Gasteiger charge is 2.42. The van der Waals surface area contributed by atoms with Gasteiger partial charge in [0.1, 0.15) is 5.78 Å². The molecule has 1 fully saturated rings. The Bertz CT molecular complexity index is 530. The molecule has 19 heavy (non-hydrogen) atoms. The third-order valence-corrected chi connectivity index (χ3v) is 4.79. The van der Waals surface area contributed by atoms with Gasteiger partial charge >= 0.3 is 0 Å². The van der Waals surface area contributed by atoms with Crippen LogP contribution in [0.2, 0.25) is 0 Å². The van der Waals surface area contributed by atoms with E-state index < -0.39 is 0 Å². The first-order chi connectivity index (χ1) is 9.34. The summed E-state index contributed by atoms with van der Waals surface area (Å²) in [5.41, 5.74) is 1.33. The molecule has 3 rings (SSSR count). The van der Waals surface area contributed by atoms with Gasteiger partial charge in [-0.3, -0.25) is 4.79 Å². The van der Waals surface area contributed by atoms with E-state index in [1.54, 1.807) is 11.3 Å². The van der Waals surface area contributed by atoms with Crippen LogP contribution in [-0.4, -0.2) is 5.78 Å². The fraction of sp³-hybridized carbons (Fsp3) is 0.353. The fourth-order valence-electron chi connectivity index (χ4n) is 2.70. The summed E-state index contributed by atoms with van der Waals surface area (Å²) >= 11 is 1.78. The Hall–Kier alpha value is -1.41. The van der Waals surface area contributed by atoms with Crippen LogP contribution in [0.1, 0.15) is 35.6 Å². The molecule has 1 aliphatic carbocycles. The Morgan fingerprint density at radius 3 is 2.74 bits per heavy atom. The van der Waals surface area contributed by atoms with Crippen LogP contribution in [0, 0.1) is 5.92 Å². The Labute approximate surface area is 118 Å². The van der Waals surface area contributed by atoms with Gasteiger partial charge in [0, 0.05) is 17.2 Å². The molecule has 0 bridgehead atoms. The summed E-state index contributed by atoms with van der Waals surface area (Å²) < 4.78 is 0. The lowest BCUT2D eigenvalue weighted by atomic mass is 10.0. The summed E-state index contributed by atoms with van der Waals surface area (Å²) in [5.74, 6) is 1.26. The number of hydrogen-bond donors (Lipinski definition) is 0. The number of ketones is 1. The number of thiophene rings is 1. The SMILES string of the molecule is O=C(CCCc1cccs1)C1CC1c1ccccc1. The van der Waals surface area contributed by atoms with E-state index in [4.69, 9.17) is 0 Å². The highest BCUT2D eigenvalue weighted by Crippen LogP contribution is 2.48. The van der Waals surface area contributed by atoms with E-state index in [2.05, 4.69) is 41.8 Å². The molecule has 1 aliphatic rings. The maximum Gasteiger partial charge on any atom is 0.136 e. The Morgan fingerprint density at radius 2 is 2.00 bits per heavy atom. The average molecular weight is 270 g/mol. The summed E-state index contributed by atoms with van der Waals surface area (Å²) in [6, 6.07) is 14.7. The van der Waals surface area contributed by atoms with Gasteiger partial charge in [0.25, 0.3) is 0 Å². The van der Waals surface area contributed by atoms with Gasteiger partial charge in [0.05, 0.1) is 0 Å². The van der Waals surface area contributed by atoms with E-state index >= 15 is 0 Å². The number of Topliss-reactive ketones (excluding diaryl/α,β-unsaturated/α-hetero) is 1. The van der Waals surface area contributed by atoms with E-state index in [1.807, 2.05) is 6.07 Å². The lowest BCUT2D eigenvalue weighted by Gasteiger charge is -2.01. The minimum Gasteiger partial charge on any atom is -0.299 e. The second-order valence-electron chi connectivity index (χ2n) is 5.26. The van der Waals surface area contributed by atoms with Gasteiger partial charge in [-0.25, -0.2) is 0 Å². The molecule has 2 unspecified atom stereocenters. The summed E-state index contributed by atoms with van der Waals surface area (Å²) in [5, 5.41) is 2.10. The molecule has 98 valence electrons. The van der Waals surface area contributed by atoms with Gasteiger partial charge in [-0.05, 0) is 42.2 Å². The van der Waals surface area contributed by atoms with E-state index in [-0.39, 0.29) is 0 Å². The zero-order valence-electron chi connectivity index (χ0n) is 10.9. The average Bonchev–Trinajstić information content (AvgIpc) is 3.09. The van der Waals surface area contributed by atoms with Gasteiger partial charge in [-0.2, -0.15) is 0 Å². The number of aryl methyl sites for hydroxylation is 1. The number of benzene rings is 1. The van der Waals surface area contributed by atoms with Crippen LogP contribution in [0.15, 0.2) is 47.8 Å². The Morgan fingerprint density at radius 1 is 1.16 bits per heavy atom. The second-order valence-corrected chi connectivity index (χ2v) is 6.29. The van der Waals surface area contributed by atoms with Crippen LogP contribution in [0.4, 0.5) is 0 Å². The highest BCUT2D eigenvalue weighted by atomic mass is 32.1. The minimum absolute atomic E-state index is 0.297. The normalized spacial score (nSPS) is 21.3. The standard InChI is InChI=1S/C17H18OS/c18-17(10-4-8-14-9-5-11-19-14)16-12-15(16)13-6-2-1-3-7-13/h1-3,5-7,9,11,15-16H,4,8,10,12H2. The molecular weight excluding hydrogens is 252 g/mol. The molecule has 1 nitrogen and oxygen atoms in total. The summed E-state index contributed by atoms with van der Waals surface area (Å²) in [7, 11) is 0. The first kappa shape index (κ1) is 12.6. The van der Waals surface area contributed by atoms with Gasteiger partial charge in [-0.1, -0.05) is 36.4 Å². The van der Waals surface area contributed by atoms with Crippen molar-refractivity contribution in [3.63, 3.8) is 0 Å². The van der Waals surface area contributed by atoms with Crippen molar-refractivity contribution in [3.05, 3.63) is 58.3 Å². The first-order valence-corrected chi connectivity index (χ1v) is 7.82. The van der Waals surface area contributed by atoms with Crippen LogP contribution < -0.4 is 0 Å². The molecule has 0 saturated heterocycles. The molecule has 1 aromatic heterocycles. The van der Waals surface area contributed by atoms with Crippen LogP contribution in [0.3, 0.4) is 0 Å². The van der Waals surface area contributed by atoms with Crippen LogP contribution in [0.25, 0.3) is 0 Å². The van der Waals surface area contributed by atoms with Gasteiger partial charge < -0.3 is 0 Å². The van der Waals surface area contributed by atoms with E-state index in [1.165, 1.54) is 10.4 Å². The monoisotopic (exact) mass is 270 g/mol. The predicted octanol–water partition coefficient (Wildman–Crippen LogP) is 4.44. The lowest BCUT2D eigenvalue weighted by molar-refractivity contribution is -0.120. The van der Waals surface area contributed by atoms with Crippen molar-refractivity contribution in [2.75, 3.05) is 0 Å². The van der Waals surface area contributed by atoms with Crippen LogP contribution in [-0.2, 0) is 11.2 Å². The van der Waals surface area contributed by atoms with Crippen molar-refractivity contribution < 1.29 is 4.79 Å². The van der Waals surface area contributed by atoms with Crippen LogP contribution >= 0.6 is 11.3 Å². The molecule has 0 radical (unpaired) electrons. The Balaban J connectivity index is 1.45. The van der Waals surface area contributed by atoms with Gasteiger partial charge in [0.15, 0.2) is 0 Å². The van der Waals surface area contributed by atoms with Gasteiger partial charge in [0.2, 0.25) is 0 Å². The zero-order chi connectivity index (χ0) is 13.1. The first-order valence-electron chi connectivity index (χ1n) is 6.94. The van der Waals surface area contributed by atoms with Crippen LogP contribution in [0.5, 0.6) is 0 Å².